The average Bonchev–Trinajstić information content (AvgIpc) is 2.81. The van der Waals surface area contributed by atoms with E-state index in [2.05, 4.69) is 20.2 Å². The van der Waals surface area contributed by atoms with Gasteiger partial charge in [-0.05, 0) is 26.0 Å². The minimum atomic E-state index is -3.75. The van der Waals surface area contributed by atoms with Crippen LogP contribution in [0.25, 0.3) is 0 Å². The Balaban J connectivity index is 2.10. The van der Waals surface area contributed by atoms with E-state index in [1.54, 1.807) is 33.1 Å². The second-order valence-corrected chi connectivity index (χ2v) is 6.23. The minimum Gasteiger partial charge on any atom is -0.383 e. The number of hydrogen-bond donors (Lipinski definition) is 2. The van der Waals surface area contributed by atoms with Crippen LogP contribution in [0.5, 0.6) is 0 Å². The first-order chi connectivity index (χ1) is 10.4. The fourth-order valence-corrected chi connectivity index (χ4v) is 3.28. The van der Waals surface area contributed by atoms with Crippen LogP contribution in [-0.4, -0.2) is 38.8 Å². The molecule has 120 valence electrons. The summed E-state index contributed by atoms with van der Waals surface area (Å²) in [5.74, 6) is 0.883. The van der Waals surface area contributed by atoms with Crippen molar-refractivity contribution in [1.29, 1.82) is 0 Å². The highest BCUT2D eigenvalue weighted by Gasteiger charge is 2.24. The molecule has 2 rings (SSSR count). The molecule has 2 heterocycles. The fraction of sp³-hybridized carbons (Fsp3) is 0.385. The van der Waals surface area contributed by atoms with Crippen LogP contribution < -0.4 is 10.0 Å². The number of hydrogen-bond acceptors (Lipinski definition) is 7. The predicted octanol–water partition coefficient (Wildman–Crippen LogP) is 1.55. The first-order valence-electron chi connectivity index (χ1n) is 6.58. The van der Waals surface area contributed by atoms with Crippen LogP contribution in [0.2, 0.25) is 0 Å². The second kappa shape index (κ2) is 6.75. The third-order valence-corrected chi connectivity index (χ3v) is 4.49. The monoisotopic (exact) mass is 326 g/mol. The van der Waals surface area contributed by atoms with Crippen molar-refractivity contribution in [3.63, 3.8) is 0 Å². The third kappa shape index (κ3) is 3.74. The van der Waals surface area contributed by atoms with Crippen molar-refractivity contribution in [2.45, 2.75) is 18.7 Å². The molecule has 0 radical (unpaired) electrons. The van der Waals surface area contributed by atoms with Crippen LogP contribution in [0.1, 0.15) is 11.5 Å². The van der Waals surface area contributed by atoms with Gasteiger partial charge in [-0.1, -0.05) is 5.16 Å². The van der Waals surface area contributed by atoms with Crippen molar-refractivity contribution >= 4 is 21.5 Å². The molecule has 0 aromatic carbocycles. The normalized spacial score (nSPS) is 11.4. The van der Waals surface area contributed by atoms with Crippen molar-refractivity contribution in [2.75, 3.05) is 30.3 Å². The number of nitrogens with one attached hydrogen (secondary N) is 2. The quantitative estimate of drug-likeness (QED) is 0.743. The van der Waals surface area contributed by atoms with E-state index < -0.39 is 10.0 Å². The Morgan fingerprint density at radius 3 is 2.64 bits per heavy atom. The van der Waals surface area contributed by atoms with Crippen LogP contribution in [0.3, 0.4) is 0 Å². The van der Waals surface area contributed by atoms with E-state index in [9.17, 15) is 8.42 Å². The van der Waals surface area contributed by atoms with Gasteiger partial charge in [0.2, 0.25) is 0 Å². The molecular formula is C13H18N4O4S. The largest absolute Gasteiger partial charge is 0.383 e. The van der Waals surface area contributed by atoms with Crippen molar-refractivity contribution in [2.24, 2.45) is 0 Å². The smallest absolute Gasteiger partial charge is 0.267 e. The summed E-state index contributed by atoms with van der Waals surface area (Å²) in [5.41, 5.74) is 0.674. The molecule has 0 atom stereocenters. The van der Waals surface area contributed by atoms with Crippen LogP contribution in [0.4, 0.5) is 11.5 Å². The highest BCUT2D eigenvalue weighted by Crippen LogP contribution is 2.22. The molecule has 0 fully saturated rings. The molecule has 0 saturated heterocycles. The molecule has 2 aromatic rings. The topological polar surface area (TPSA) is 106 Å². The maximum Gasteiger partial charge on any atom is 0.267 e. The zero-order valence-corrected chi connectivity index (χ0v) is 13.4. The zero-order valence-electron chi connectivity index (χ0n) is 12.6. The zero-order chi connectivity index (χ0) is 16.2. The maximum atomic E-state index is 12.3. The van der Waals surface area contributed by atoms with E-state index >= 15 is 0 Å². The Bertz CT molecular complexity index is 705. The number of methoxy groups -OCH3 is 1. The van der Waals surface area contributed by atoms with Gasteiger partial charge in [0, 0.05) is 13.7 Å². The number of pyridine rings is 1. The summed E-state index contributed by atoms with van der Waals surface area (Å²) in [6.45, 7) is 4.30. The lowest BCUT2D eigenvalue weighted by atomic mass is 10.4. The standard InChI is InChI=1S/C13H18N4O4S/c1-9-13(10(2)21-16-9)22(18,19)17-11-4-5-12(15-8-11)14-6-7-20-3/h4-5,8,17H,6-7H2,1-3H3,(H,14,15). The van der Waals surface area contributed by atoms with Crippen LogP contribution in [-0.2, 0) is 14.8 Å². The summed E-state index contributed by atoms with van der Waals surface area (Å²) in [7, 11) is -2.14. The Morgan fingerprint density at radius 2 is 2.09 bits per heavy atom. The van der Waals surface area contributed by atoms with Crippen LogP contribution in [0.15, 0.2) is 27.7 Å². The highest BCUT2D eigenvalue weighted by molar-refractivity contribution is 7.92. The van der Waals surface area contributed by atoms with E-state index in [1.165, 1.54) is 6.20 Å². The highest BCUT2D eigenvalue weighted by atomic mass is 32.2. The number of aryl methyl sites for hydroxylation is 2. The van der Waals surface area contributed by atoms with E-state index in [0.29, 0.717) is 30.4 Å². The van der Waals surface area contributed by atoms with Crippen molar-refractivity contribution < 1.29 is 17.7 Å². The molecule has 0 amide bonds. The van der Waals surface area contributed by atoms with Gasteiger partial charge in [0.15, 0.2) is 10.7 Å². The van der Waals surface area contributed by atoms with Crippen LogP contribution in [0, 0.1) is 13.8 Å². The number of ether oxygens (including phenoxy) is 1. The van der Waals surface area contributed by atoms with Gasteiger partial charge < -0.3 is 14.6 Å². The SMILES string of the molecule is COCCNc1ccc(NS(=O)(=O)c2c(C)noc2C)cn1. The molecule has 2 N–H and O–H groups in total. The lowest BCUT2D eigenvalue weighted by Gasteiger charge is -2.09. The van der Waals surface area contributed by atoms with Gasteiger partial charge in [0.05, 0.1) is 18.5 Å². The van der Waals surface area contributed by atoms with Gasteiger partial charge in [-0.3, -0.25) is 4.72 Å². The van der Waals surface area contributed by atoms with Gasteiger partial charge >= 0.3 is 0 Å². The van der Waals surface area contributed by atoms with E-state index in [1.807, 2.05) is 0 Å². The molecular weight excluding hydrogens is 308 g/mol. The van der Waals surface area contributed by atoms with Gasteiger partial charge in [-0.15, -0.1) is 0 Å². The Kier molecular flexibility index (Phi) is 4.99. The lowest BCUT2D eigenvalue weighted by molar-refractivity contribution is 0.210. The summed E-state index contributed by atoms with van der Waals surface area (Å²) in [6.07, 6.45) is 1.44. The number of sulfonamides is 1. The molecule has 0 bridgehead atoms. The maximum absolute atomic E-state index is 12.3. The van der Waals surface area contributed by atoms with Gasteiger partial charge in [-0.2, -0.15) is 0 Å². The van der Waals surface area contributed by atoms with Gasteiger partial charge in [0.25, 0.3) is 10.0 Å². The summed E-state index contributed by atoms with van der Waals surface area (Å²) < 4.78 is 36.9. The number of rotatable bonds is 7. The van der Waals surface area contributed by atoms with Gasteiger partial charge in [0.1, 0.15) is 11.5 Å². The van der Waals surface area contributed by atoms with E-state index in [-0.39, 0.29) is 10.7 Å². The predicted molar refractivity (Wildman–Crippen MR) is 81.4 cm³/mol. The summed E-state index contributed by atoms with van der Waals surface area (Å²) in [5, 5.41) is 6.69. The lowest BCUT2D eigenvalue weighted by Crippen LogP contribution is -2.15. The number of anilines is 2. The Labute approximate surface area is 128 Å². The molecule has 0 saturated carbocycles. The second-order valence-electron chi connectivity index (χ2n) is 4.61. The first kappa shape index (κ1) is 16.2. The molecule has 8 nitrogen and oxygen atoms in total. The molecule has 0 aliphatic rings. The molecule has 9 heteroatoms. The van der Waals surface area contributed by atoms with E-state index in [4.69, 9.17) is 9.26 Å². The number of aromatic nitrogens is 2. The Morgan fingerprint density at radius 1 is 1.32 bits per heavy atom. The summed E-state index contributed by atoms with van der Waals surface area (Å²) >= 11 is 0. The summed E-state index contributed by atoms with van der Waals surface area (Å²) in [6, 6.07) is 3.30. The molecule has 0 aliphatic carbocycles. The van der Waals surface area contributed by atoms with Crippen LogP contribution >= 0.6 is 0 Å². The van der Waals surface area contributed by atoms with Crippen molar-refractivity contribution in [3.05, 3.63) is 29.8 Å². The summed E-state index contributed by atoms with van der Waals surface area (Å²) in [4.78, 5) is 4.18. The molecule has 0 unspecified atom stereocenters. The van der Waals surface area contributed by atoms with Crippen molar-refractivity contribution in [3.8, 4) is 0 Å². The number of nitrogens with zero attached hydrogens (tertiary/aromatic N) is 2. The average molecular weight is 326 g/mol. The third-order valence-electron chi connectivity index (χ3n) is 2.86. The first-order valence-corrected chi connectivity index (χ1v) is 8.07. The minimum absolute atomic E-state index is 0.0507. The van der Waals surface area contributed by atoms with Gasteiger partial charge in [-0.25, -0.2) is 13.4 Å². The molecule has 2 aromatic heterocycles. The van der Waals surface area contributed by atoms with E-state index in [0.717, 1.165) is 0 Å². The molecule has 0 spiro atoms. The Hall–Kier alpha value is -2.13. The van der Waals surface area contributed by atoms with Crippen molar-refractivity contribution in [1.82, 2.24) is 10.1 Å². The molecule has 22 heavy (non-hydrogen) atoms. The molecule has 0 aliphatic heterocycles. The fourth-order valence-electron chi connectivity index (χ4n) is 1.90.